The van der Waals surface area contributed by atoms with E-state index in [0.29, 0.717) is 29.7 Å². The van der Waals surface area contributed by atoms with Gasteiger partial charge in [0.05, 0.1) is 11.7 Å². The van der Waals surface area contributed by atoms with Crippen molar-refractivity contribution in [3.05, 3.63) is 47.5 Å². The predicted octanol–water partition coefficient (Wildman–Crippen LogP) is 5.47. The Bertz CT molecular complexity index is 974. The maximum atomic E-state index is 13.2. The van der Waals surface area contributed by atoms with Crippen molar-refractivity contribution in [1.29, 1.82) is 0 Å². The summed E-state index contributed by atoms with van der Waals surface area (Å²) < 4.78 is 39.6. The molecule has 5 rings (SSSR count). The maximum Gasteiger partial charge on any atom is 0.416 e. The van der Waals surface area contributed by atoms with E-state index < -0.39 is 17.8 Å². The fraction of sp³-hybridized carbons (Fsp3) is 0.667. The van der Waals surface area contributed by atoms with Gasteiger partial charge in [0.25, 0.3) is 0 Å². The van der Waals surface area contributed by atoms with Crippen molar-refractivity contribution in [2.45, 2.75) is 70.7 Å². The number of fused-ring (bicyclic) bond motifs is 5. The summed E-state index contributed by atoms with van der Waals surface area (Å²) in [5, 5.41) is 11.4. The van der Waals surface area contributed by atoms with E-state index in [9.17, 15) is 23.1 Å². The second-order valence-corrected chi connectivity index (χ2v) is 11.5. The van der Waals surface area contributed by atoms with Gasteiger partial charge in [-0.15, -0.1) is 0 Å². The molecule has 180 valence electrons. The van der Waals surface area contributed by atoms with Crippen molar-refractivity contribution in [3.63, 3.8) is 0 Å². The van der Waals surface area contributed by atoms with Crippen molar-refractivity contribution >= 4 is 5.91 Å². The van der Waals surface area contributed by atoms with Crippen LogP contribution < -0.4 is 0 Å². The quantitative estimate of drug-likeness (QED) is 0.634. The van der Waals surface area contributed by atoms with Crippen LogP contribution in [0.25, 0.3) is 0 Å². The summed E-state index contributed by atoms with van der Waals surface area (Å²) in [5.41, 5.74) is -0.225. The molecule has 8 atom stereocenters. The average molecular weight is 462 g/mol. The van der Waals surface area contributed by atoms with E-state index >= 15 is 0 Å². The highest BCUT2D eigenvalue weighted by Crippen LogP contribution is 2.65. The Hall–Kier alpha value is -1.82. The number of halogens is 3. The van der Waals surface area contributed by atoms with E-state index in [4.69, 9.17) is 0 Å². The minimum Gasteiger partial charge on any atom is -0.392 e. The van der Waals surface area contributed by atoms with Crippen LogP contribution in [0.1, 0.15) is 57.1 Å². The minimum absolute atomic E-state index is 0.0288. The van der Waals surface area contributed by atoms with Gasteiger partial charge in [0, 0.05) is 18.5 Å². The smallest absolute Gasteiger partial charge is 0.392 e. The summed E-state index contributed by atoms with van der Waals surface area (Å²) in [7, 11) is 1.91. The molecule has 1 aliphatic heterocycles. The fourth-order valence-corrected chi connectivity index (χ4v) is 8.26. The summed E-state index contributed by atoms with van der Waals surface area (Å²) in [6, 6.07) is 5.79. The number of carbonyl (C=O) groups excluding carboxylic acids is 1. The van der Waals surface area contributed by atoms with Gasteiger partial charge in [-0.05, 0) is 85.3 Å². The molecular formula is C27H34F3NO2. The molecule has 3 fully saturated rings. The van der Waals surface area contributed by atoms with Crippen LogP contribution in [-0.4, -0.2) is 35.1 Å². The highest BCUT2D eigenvalue weighted by molar-refractivity contribution is 5.89. The standard InChI is InChI=1S/C27H34F3NO2/c1-25-12-10-23(32)31(3)22(25)8-7-19-20(25)9-11-26(2)21(19)15-17(24(26)33)13-16-5-4-6-18(14-16)27(28,29)30/h4-6,10,12,14,17,19-22,24,33H,7-9,11,13,15H2,1-3H3/t17?,19-,20-,21+,22?,24?,25-,26+/m1/s1. The molecule has 3 saturated carbocycles. The van der Waals surface area contributed by atoms with Crippen molar-refractivity contribution in [3.8, 4) is 0 Å². The van der Waals surface area contributed by atoms with Crippen molar-refractivity contribution in [2.75, 3.05) is 7.05 Å². The third-order valence-corrected chi connectivity index (χ3v) is 10.00. The van der Waals surface area contributed by atoms with E-state index in [1.54, 1.807) is 12.1 Å². The Morgan fingerprint density at radius 3 is 2.64 bits per heavy atom. The highest BCUT2D eigenvalue weighted by Gasteiger charge is 2.62. The number of hydrogen-bond donors (Lipinski definition) is 1. The topological polar surface area (TPSA) is 40.5 Å². The Labute approximate surface area is 194 Å². The molecule has 33 heavy (non-hydrogen) atoms. The summed E-state index contributed by atoms with van der Waals surface area (Å²) in [6.45, 7) is 4.49. The number of amides is 1. The molecule has 1 heterocycles. The summed E-state index contributed by atoms with van der Waals surface area (Å²) in [5.74, 6) is 1.34. The van der Waals surface area contributed by atoms with Crippen LogP contribution in [0.3, 0.4) is 0 Å². The van der Waals surface area contributed by atoms with Gasteiger partial charge in [0.2, 0.25) is 5.91 Å². The van der Waals surface area contributed by atoms with Gasteiger partial charge < -0.3 is 10.0 Å². The lowest BCUT2D eigenvalue weighted by atomic mass is 9.48. The van der Waals surface area contributed by atoms with Crippen LogP contribution in [0, 0.1) is 34.5 Å². The molecule has 1 N–H and O–H groups in total. The first-order chi connectivity index (χ1) is 15.4. The van der Waals surface area contributed by atoms with Crippen molar-refractivity contribution < 1.29 is 23.1 Å². The average Bonchev–Trinajstić information content (AvgIpc) is 3.01. The van der Waals surface area contributed by atoms with E-state index in [2.05, 4.69) is 19.9 Å². The van der Waals surface area contributed by atoms with Crippen LogP contribution in [-0.2, 0) is 17.4 Å². The molecule has 3 nitrogen and oxygen atoms in total. The monoisotopic (exact) mass is 461 g/mol. The number of rotatable bonds is 2. The normalized spacial score (nSPS) is 42.6. The molecular weight excluding hydrogens is 427 g/mol. The second kappa shape index (κ2) is 7.59. The molecule has 0 radical (unpaired) electrons. The number of hydrogen-bond acceptors (Lipinski definition) is 2. The number of aliphatic hydroxyl groups excluding tert-OH is 1. The Morgan fingerprint density at radius 1 is 1.15 bits per heavy atom. The molecule has 4 aliphatic rings. The molecule has 3 unspecified atom stereocenters. The Kier molecular flexibility index (Phi) is 5.28. The molecule has 1 aromatic carbocycles. The van der Waals surface area contributed by atoms with E-state index in [1.807, 2.05) is 11.9 Å². The van der Waals surface area contributed by atoms with Crippen LogP contribution in [0.2, 0.25) is 0 Å². The zero-order chi connectivity index (χ0) is 23.8. The first kappa shape index (κ1) is 22.9. The van der Waals surface area contributed by atoms with E-state index in [-0.39, 0.29) is 28.7 Å². The van der Waals surface area contributed by atoms with Gasteiger partial charge >= 0.3 is 6.18 Å². The maximum absolute atomic E-state index is 13.2. The van der Waals surface area contributed by atoms with Gasteiger partial charge in [0.1, 0.15) is 0 Å². The summed E-state index contributed by atoms with van der Waals surface area (Å²) >= 11 is 0. The third kappa shape index (κ3) is 3.46. The Morgan fingerprint density at radius 2 is 1.91 bits per heavy atom. The lowest BCUT2D eigenvalue weighted by molar-refractivity contribution is -0.140. The molecule has 3 aliphatic carbocycles. The zero-order valence-corrected chi connectivity index (χ0v) is 19.6. The lowest BCUT2D eigenvalue weighted by Gasteiger charge is -2.60. The molecule has 0 spiro atoms. The van der Waals surface area contributed by atoms with Crippen LogP contribution in [0.15, 0.2) is 36.4 Å². The zero-order valence-electron chi connectivity index (χ0n) is 19.6. The molecule has 0 saturated heterocycles. The minimum atomic E-state index is -4.35. The summed E-state index contributed by atoms with van der Waals surface area (Å²) in [4.78, 5) is 14.2. The molecule has 6 heteroatoms. The SMILES string of the molecule is CN1C(=O)C=C[C@@]2(C)C1CC[C@@H]1[C@H]2CC[C@]2(C)C(O)C(Cc3cccc(C(F)(F)F)c3)C[C@@H]12. The van der Waals surface area contributed by atoms with Gasteiger partial charge in [0.15, 0.2) is 0 Å². The number of aliphatic hydroxyl groups is 1. The van der Waals surface area contributed by atoms with Crippen molar-refractivity contribution in [2.24, 2.45) is 34.5 Å². The highest BCUT2D eigenvalue weighted by atomic mass is 19.4. The number of carbonyl (C=O) groups is 1. The molecule has 1 amide bonds. The number of benzene rings is 1. The Balaban J connectivity index is 1.40. The predicted molar refractivity (Wildman–Crippen MR) is 120 cm³/mol. The van der Waals surface area contributed by atoms with E-state index in [0.717, 1.165) is 38.2 Å². The van der Waals surface area contributed by atoms with Gasteiger partial charge in [-0.25, -0.2) is 0 Å². The fourth-order valence-electron chi connectivity index (χ4n) is 8.26. The summed E-state index contributed by atoms with van der Waals surface area (Å²) in [6.07, 6.45) is 4.29. The van der Waals surface area contributed by atoms with Crippen LogP contribution in [0.5, 0.6) is 0 Å². The first-order valence-corrected chi connectivity index (χ1v) is 12.3. The van der Waals surface area contributed by atoms with E-state index in [1.165, 1.54) is 12.1 Å². The van der Waals surface area contributed by atoms with Gasteiger partial charge in [-0.3, -0.25) is 4.79 Å². The van der Waals surface area contributed by atoms with Crippen LogP contribution in [0.4, 0.5) is 13.2 Å². The van der Waals surface area contributed by atoms with Gasteiger partial charge in [-0.1, -0.05) is 38.1 Å². The number of nitrogens with zero attached hydrogens (tertiary/aromatic N) is 1. The molecule has 1 aromatic rings. The lowest BCUT2D eigenvalue weighted by Crippen LogP contribution is -2.59. The third-order valence-electron chi connectivity index (χ3n) is 10.00. The molecule has 0 bridgehead atoms. The number of alkyl halides is 3. The van der Waals surface area contributed by atoms with Crippen LogP contribution >= 0.6 is 0 Å². The van der Waals surface area contributed by atoms with Gasteiger partial charge in [-0.2, -0.15) is 13.2 Å². The number of likely N-dealkylation sites (N-methyl/N-ethyl adjacent to an activating group) is 1. The molecule has 0 aromatic heterocycles. The largest absolute Gasteiger partial charge is 0.416 e. The second-order valence-electron chi connectivity index (χ2n) is 11.5. The van der Waals surface area contributed by atoms with Crippen molar-refractivity contribution in [1.82, 2.24) is 4.90 Å². The first-order valence-electron chi connectivity index (χ1n) is 12.3.